The van der Waals surface area contributed by atoms with Crippen LogP contribution in [0.4, 0.5) is 0 Å². The molecule has 0 unspecified atom stereocenters. The summed E-state index contributed by atoms with van der Waals surface area (Å²) in [5.41, 5.74) is 1.78. The molecule has 1 aromatic heterocycles. The van der Waals surface area contributed by atoms with Gasteiger partial charge in [0.15, 0.2) is 0 Å². The summed E-state index contributed by atoms with van der Waals surface area (Å²) >= 11 is 1.76. The Morgan fingerprint density at radius 3 is 2.35 bits per heavy atom. The van der Waals surface area contributed by atoms with Crippen LogP contribution in [0.5, 0.6) is 0 Å². The molecule has 0 saturated carbocycles. The zero-order valence-electron chi connectivity index (χ0n) is 13.2. The average Bonchev–Trinajstić information content (AvgIpc) is 2.81. The molecule has 1 aliphatic heterocycles. The fraction of sp³-hybridized carbons (Fsp3) is 0.600. The van der Waals surface area contributed by atoms with Gasteiger partial charge in [-0.1, -0.05) is 6.08 Å². The summed E-state index contributed by atoms with van der Waals surface area (Å²) in [6, 6.07) is 2.14. The number of hydrogen-bond donors (Lipinski definition) is 1. The number of likely N-dealkylation sites (N-methyl/N-ethyl adjacent to an activating group) is 1. The Morgan fingerprint density at radius 2 is 1.90 bits per heavy atom. The zero-order valence-corrected chi connectivity index (χ0v) is 14.1. The quantitative estimate of drug-likeness (QED) is 0.864. The lowest BCUT2D eigenvalue weighted by Crippen LogP contribution is -2.41. The highest BCUT2D eigenvalue weighted by Crippen LogP contribution is 2.38. The van der Waals surface area contributed by atoms with E-state index in [0.29, 0.717) is 0 Å². The number of thiophene rings is 1. The standard InChI is InChI=1S/C15H24BNO2S/c1-11-12(7-8-20-11)9-13(10-17-6)16-18-14(2,3)15(4,5)19-16/h7-9,17H,10H2,1-6H3. The second-order valence-corrected chi connectivity index (χ2v) is 7.39. The van der Waals surface area contributed by atoms with Crippen molar-refractivity contribution in [2.24, 2.45) is 0 Å². The predicted octanol–water partition coefficient (Wildman–Crippen LogP) is 3.29. The van der Waals surface area contributed by atoms with Gasteiger partial charge in [-0.25, -0.2) is 0 Å². The first-order valence-electron chi connectivity index (χ1n) is 7.01. The maximum absolute atomic E-state index is 6.14. The van der Waals surface area contributed by atoms with Crippen molar-refractivity contribution < 1.29 is 9.31 Å². The van der Waals surface area contributed by atoms with Gasteiger partial charge in [0.05, 0.1) is 11.2 Å². The molecule has 5 heteroatoms. The summed E-state index contributed by atoms with van der Waals surface area (Å²) in [4.78, 5) is 1.31. The van der Waals surface area contributed by atoms with Gasteiger partial charge < -0.3 is 14.6 Å². The minimum atomic E-state index is -0.297. The number of rotatable bonds is 4. The summed E-state index contributed by atoms with van der Waals surface area (Å²) in [5.74, 6) is 0. The van der Waals surface area contributed by atoms with Gasteiger partial charge in [0.2, 0.25) is 0 Å². The Hall–Kier alpha value is -0.615. The van der Waals surface area contributed by atoms with Crippen molar-refractivity contribution in [2.45, 2.75) is 45.8 Å². The third-order valence-corrected chi connectivity index (χ3v) is 5.04. The molecule has 1 aliphatic rings. The lowest BCUT2D eigenvalue weighted by molar-refractivity contribution is 0.00578. The summed E-state index contributed by atoms with van der Waals surface area (Å²) < 4.78 is 12.3. The highest BCUT2D eigenvalue weighted by Gasteiger charge is 2.52. The molecule has 1 fully saturated rings. The molecule has 2 heterocycles. The lowest BCUT2D eigenvalue weighted by atomic mass is 9.77. The molecule has 0 amide bonds. The predicted molar refractivity (Wildman–Crippen MR) is 87.0 cm³/mol. The first kappa shape index (κ1) is 15.8. The third kappa shape index (κ3) is 3.01. The minimum absolute atomic E-state index is 0.285. The van der Waals surface area contributed by atoms with E-state index >= 15 is 0 Å². The average molecular weight is 293 g/mol. The van der Waals surface area contributed by atoms with Gasteiger partial charge in [0.1, 0.15) is 0 Å². The van der Waals surface area contributed by atoms with Crippen molar-refractivity contribution in [3.05, 3.63) is 27.4 Å². The van der Waals surface area contributed by atoms with Gasteiger partial charge in [-0.3, -0.25) is 0 Å². The van der Waals surface area contributed by atoms with Crippen LogP contribution in [0, 0.1) is 6.92 Å². The highest BCUT2D eigenvalue weighted by molar-refractivity contribution is 7.10. The maximum atomic E-state index is 6.14. The fourth-order valence-corrected chi connectivity index (χ4v) is 2.83. The van der Waals surface area contributed by atoms with Gasteiger partial charge >= 0.3 is 7.12 Å². The van der Waals surface area contributed by atoms with Crippen LogP contribution in [0.25, 0.3) is 6.08 Å². The Labute approximate surface area is 126 Å². The summed E-state index contributed by atoms with van der Waals surface area (Å²) in [5, 5.41) is 5.32. The van der Waals surface area contributed by atoms with Gasteiger partial charge in [0.25, 0.3) is 0 Å². The van der Waals surface area contributed by atoms with Crippen LogP contribution >= 0.6 is 11.3 Å². The number of hydrogen-bond acceptors (Lipinski definition) is 4. The molecule has 0 bridgehead atoms. The molecular weight excluding hydrogens is 269 g/mol. The number of aryl methyl sites for hydroxylation is 1. The highest BCUT2D eigenvalue weighted by atomic mass is 32.1. The Kier molecular flexibility index (Phi) is 4.45. The molecule has 0 aromatic carbocycles. The van der Waals surface area contributed by atoms with Crippen molar-refractivity contribution in [1.29, 1.82) is 0 Å². The van der Waals surface area contributed by atoms with E-state index in [-0.39, 0.29) is 18.3 Å². The molecular formula is C15H24BNO2S. The second-order valence-electron chi connectivity index (χ2n) is 6.27. The molecule has 1 saturated heterocycles. The largest absolute Gasteiger partial charge is 0.491 e. The smallest absolute Gasteiger partial charge is 0.400 e. The first-order chi connectivity index (χ1) is 9.27. The molecule has 0 spiro atoms. The Bertz CT molecular complexity index is 492. The van der Waals surface area contributed by atoms with Gasteiger partial charge in [-0.05, 0) is 64.1 Å². The number of nitrogens with one attached hydrogen (secondary N) is 1. The molecule has 0 aliphatic carbocycles. The minimum Gasteiger partial charge on any atom is -0.400 e. The monoisotopic (exact) mass is 293 g/mol. The van der Waals surface area contributed by atoms with E-state index in [1.54, 1.807) is 11.3 Å². The van der Waals surface area contributed by atoms with Crippen LogP contribution in [0.2, 0.25) is 0 Å². The van der Waals surface area contributed by atoms with E-state index in [2.05, 4.69) is 57.5 Å². The van der Waals surface area contributed by atoms with E-state index in [0.717, 1.165) is 12.0 Å². The first-order valence-corrected chi connectivity index (χ1v) is 7.89. The van der Waals surface area contributed by atoms with Crippen molar-refractivity contribution in [3.63, 3.8) is 0 Å². The second kappa shape index (κ2) is 5.64. The zero-order chi connectivity index (χ0) is 15.0. The van der Waals surface area contributed by atoms with Crippen molar-refractivity contribution in [1.82, 2.24) is 5.32 Å². The van der Waals surface area contributed by atoms with Crippen molar-refractivity contribution in [3.8, 4) is 0 Å². The van der Waals surface area contributed by atoms with Crippen LogP contribution < -0.4 is 5.32 Å². The van der Waals surface area contributed by atoms with Crippen LogP contribution in [0.3, 0.4) is 0 Å². The summed E-state index contributed by atoms with van der Waals surface area (Å²) in [7, 11) is 1.66. The topological polar surface area (TPSA) is 30.5 Å². The SMILES string of the molecule is CNCC(=Cc1ccsc1C)B1OC(C)(C)C(C)(C)O1. The van der Waals surface area contributed by atoms with E-state index in [1.807, 2.05) is 7.05 Å². The van der Waals surface area contributed by atoms with E-state index < -0.39 is 0 Å². The fourth-order valence-electron chi connectivity index (χ4n) is 2.15. The van der Waals surface area contributed by atoms with E-state index in [4.69, 9.17) is 9.31 Å². The summed E-state index contributed by atoms with van der Waals surface area (Å²) in [6.45, 7) is 11.2. The molecule has 0 radical (unpaired) electrons. The third-order valence-electron chi connectivity index (χ3n) is 4.18. The van der Waals surface area contributed by atoms with Gasteiger partial charge in [-0.15, -0.1) is 11.3 Å². The molecule has 3 nitrogen and oxygen atoms in total. The molecule has 110 valence electrons. The van der Waals surface area contributed by atoms with Crippen LogP contribution in [0.1, 0.15) is 38.1 Å². The van der Waals surface area contributed by atoms with Crippen molar-refractivity contribution >= 4 is 24.5 Å². The van der Waals surface area contributed by atoms with E-state index in [1.165, 1.54) is 10.4 Å². The molecule has 2 rings (SSSR count). The van der Waals surface area contributed by atoms with Crippen LogP contribution in [-0.2, 0) is 9.31 Å². The van der Waals surface area contributed by atoms with Gasteiger partial charge in [0, 0.05) is 11.4 Å². The molecule has 1 N–H and O–H groups in total. The van der Waals surface area contributed by atoms with E-state index in [9.17, 15) is 0 Å². The Morgan fingerprint density at radius 1 is 1.30 bits per heavy atom. The van der Waals surface area contributed by atoms with Crippen LogP contribution in [-0.4, -0.2) is 31.9 Å². The molecule has 0 atom stereocenters. The Balaban J connectivity index is 2.27. The lowest BCUT2D eigenvalue weighted by Gasteiger charge is -2.32. The molecule has 20 heavy (non-hydrogen) atoms. The molecule has 1 aromatic rings. The van der Waals surface area contributed by atoms with Gasteiger partial charge in [-0.2, -0.15) is 0 Å². The normalized spacial score (nSPS) is 21.5. The maximum Gasteiger partial charge on any atom is 0.491 e. The van der Waals surface area contributed by atoms with Crippen molar-refractivity contribution in [2.75, 3.05) is 13.6 Å². The van der Waals surface area contributed by atoms with Crippen LogP contribution in [0.15, 0.2) is 16.9 Å². The summed E-state index contributed by atoms with van der Waals surface area (Å²) in [6.07, 6.45) is 2.18.